The van der Waals surface area contributed by atoms with Gasteiger partial charge in [0.1, 0.15) is 17.8 Å². The number of benzene rings is 1. The first-order chi connectivity index (χ1) is 11.7. The number of nitrogens with zero attached hydrogens (tertiary/aromatic N) is 3. The molecule has 5 nitrogen and oxygen atoms in total. The zero-order valence-electron chi connectivity index (χ0n) is 14.5. The number of hydrogen-bond acceptors (Lipinski definition) is 4. The summed E-state index contributed by atoms with van der Waals surface area (Å²) in [5.41, 5.74) is 1.63. The van der Waals surface area contributed by atoms with Gasteiger partial charge in [-0.05, 0) is 18.9 Å². The summed E-state index contributed by atoms with van der Waals surface area (Å²) in [6, 6.07) is 12.0. The van der Waals surface area contributed by atoms with Gasteiger partial charge in [0.2, 0.25) is 0 Å². The highest BCUT2D eigenvalue weighted by molar-refractivity contribution is 5.92. The molecule has 0 unspecified atom stereocenters. The van der Waals surface area contributed by atoms with Crippen molar-refractivity contribution in [1.82, 2.24) is 15.3 Å². The quantitative estimate of drug-likeness (QED) is 0.717. The van der Waals surface area contributed by atoms with Crippen LogP contribution >= 0.6 is 0 Å². The molecule has 0 radical (unpaired) electrons. The van der Waals surface area contributed by atoms with Gasteiger partial charge in [0.15, 0.2) is 0 Å². The molecule has 0 atom stereocenters. The highest BCUT2D eigenvalue weighted by atomic mass is 16.1. The molecule has 0 saturated carbocycles. The number of unbranched alkanes of at least 4 members (excludes halogenated alkanes) is 2. The minimum atomic E-state index is -0.134. The van der Waals surface area contributed by atoms with Crippen LogP contribution in [-0.2, 0) is 6.54 Å². The van der Waals surface area contributed by atoms with Gasteiger partial charge in [-0.25, -0.2) is 9.97 Å². The molecule has 0 aliphatic heterocycles. The second-order valence-corrected chi connectivity index (χ2v) is 5.72. The SMILES string of the molecule is CCCCCNC(=O)c1cc(N(CC)Cc2ccccc2)ncn1. The van der Waals surface area contributed by atoms with Gasteiger partial charge in [0.05, 0.1) is 0 Å². The van der Waals surface area contributed by atoms with Crippen molar-refractivity contribution in [3.63, 3.8) is 0 Å². The summed E-state index contributed by atoms with van der Waals surface area (Å²) in [5.74, 6) is 0.639. The molecule has 1 heterocycles. The van der Waals surface area contributed by atoms with Crippen molar-refractivity contribution < 1.29 is 4.79 Å². The summed E-state index contributed by atoms with van der Waals surface area (Å²) in [7, 11) is 0. The van der Waals surface area contributed by atoms with Gasteiger partial charge in [-0.1, -0.05) is 50.1 Å². The first-order valence-electron chi connectivity index (χ1n) is 8.63. The third-order valence-corrected chi connectivity index (χ3v) is 3.87. The second-order valence-electron chi connectivity index (χ2n) is 5.72. The van der Waals surface area contributed by atoms with Crippen LogP contribution in [0.15, 0.2) is 42.7 Å². The number of amides is 1. The van der Waals surface area contributed by atoms with Crippen LogP contribution in [0.4, 0.5) is 5.82 Å². The van der Waals surface area contributed by atoms with Crippen LogP contribution in [0.3, 0.4) is 0 Å². The lowest BCUT2D eigenvalue weighted by Gasteiger charge is -2.22. The molecule has 1 aromatic carbocycles. The molecule has 0 spiro atoms. The van der Waals surface area contributed by atoms with Crippen LogP contribution in [0.5, 0.6) is 0 Å². The lowest BCUT2D eigenvalue weighted by molar-refractivity contribution is 0.0948. The van der Waals surface area contributed by atoms with Crippen molar-refractivity contribution in [2.75, 3.05) is 18.0 Å². The molecule has 2 aromatic rings. The number of aromatic nitrogens is 2. The number of rotatable bonds is 9. The Morgan fingerprint density at radius 3 is 2.62 bits per heavy atom. The Morgan fingerprint density at radius 1 is 1.12 bits per heavy atom. The maximum absolute atomic E-state index is 12.2. The van der Waals surface area contributed by atoms with E-state index >= 15 is 0 Å². The van der Waals surface area contributed by atoms with Crippen LogP contribution in [0.25, 0.3) is 0 Å². The summed E-state index contributed by atoms with van der Waals surface area (Å²) in [6.45, 7) is 6.48. The van der Waals surface area contributed by atoms with Gasteiger partial charge in [0, 0.05) is 25.7 Å². The first kappa shape index (κ1) is 17.9. The predicted molar refractivity (Wildman–Crippen MR) is 97.1 cm³/mol. The molecule has 0 fully saturated rings. The monoisotopic (exact) mass is 326 g/mol. The van der Waals surface area contributed by atoms with Gasteiger partial charge in [-0.2, -0.15) is 0 Å². The Labute approximate surface area is 144 Å². The topological polar surface area (TPSA) is 58.1 Å². The van der Waals surface area contributed by atoms with Crippen LogP contribution in [0, 0.1) is 0 Å². The summed E-state index contributed by atoms with van der Waals surface area (Å²) < 4.78 is 0. The van der Waals surface area contributed by atoms with E-state index in [9.17, 15) is 4.79 Å². The lowest BCUT2D eigenvalue weighted by atomic mass is 10.2. The van der Waals surface area contributed by atoms with Crippen molar-refractivity contribution in [1.29, 1.82) is 0 Å². The van der Waals surface area contributed by atoms with E-state index in [0.717, 1.165) is 38.2 Å². The highest BCUT2D eigenvalue weighted by Gasteiger charge is 2.12. The minimum Gasteiger partial charge on any atom is -0.352 e. The Kier molecular flexibility index (Phi) is 7.21. The zero-order chi connectivity index (χ0) is 17.2. The Morgan fingerprint density at radius 2 is 1.92 bits per heavy atom. The first-order valence-corrected chi connectivity index (χ1v) is 8.63. The van der Waals surface area contributed by atoms with Gasteiger partial charge < -0.3 is 10.2 Å². The number of anilines is 1. The summed E-state index contributed by atoms with van der Waals surface area (Å²) >= 11 is 0. The van der Waals surface area contributed by atoms with Gasteiger partial charge >= 0.3 is 0 Å². The van der Waals surface area contributed by atoms with Crippen LogP contribution in [-0.4, -0.2) is 29.0 Å². The number of carbonyl (C=O) groups excluding carboxylic acids is 1. The van der Waals surface area contributed by atoms with E-state index < -0.39 is 0 Å². The lowest BCUT2D eigenvalue weighted by Crippen LogP contribution is -2.27. The Balaban J connectivity index is 2.03. The van der Waals surface area contributed by atoms with Crippen molar-refractivity contribution in [2.24, 2.45) is 0 Å². The fourth-order valence-electron chi connectivity index (χ4n) is 2.47. The number of nitrogens with one attached hydrogen (secondary N) is 1. The largest absolute Gasteiger partial charge is 0.352 e. The third-order valence-electron chi connectivity index (χ3n) is 3.87. The molecule has 5 heteroatoms. The Hall–Kier alpha value is -2.43. The molecular formula is C19H26N4O. The van der Waals surface area contributed by atoms with Crippen LogP contribution in [0.1, 0.15) is 49.2 Å². The van der Waals surface area contributed by atoms with Gasteiger partial charge in [0.25, 0.3) is 5.91 Å². The fourth-order valence-corrected chi connectivity index (χ4v) is 2.47. The zero-order valence-corrected chi connectivity index (χ0v) is 14.5. The normalized spacial score (nSPS) is 10.4. The van der Waals surface area contributed by atoms with Crippen molar-refractivity contribution >= 4 is 11.7 Å². The van der Waals surface area contributed by atoms with E-state index in [1.165, 1.54) is 11.9 Å². The minimum absolute atomic E-state index is 0.134. The molecule has 1 N–H and O–H groups in total. The van der Waals surface area contributed by atoms with E-state index in [4.69, 9.17) is 0 Å². The predicted octanol–water partition coefficient (Wildman–Crippen LogP) is 3.42. The maximum atomic E-state index is 12.2. The van der Waals surface area contributed by atoms with Crippen LogP contribution in [0.2, 0.25) is 0 Å². The molecule has 0 aliphatic rings. The summed E-state index contributed by atoms with van der Waals surface area (Å²) in [4.78, 5) is 22.8. The van der Waals surface area contributed by atoms with E-state index in [2.05, 4.69) is 46.2 Å². The molecule has 1 amide bonds. The van der Waals surface area contributed by atoms with Crippen LogP contribution < -0.4 is 10.2 Å². The molecule has 128 valence electrons. The molecule has 0 bridgehead atoms. The van der Waals surface area contributed by atoms with Crippen molar-refractivity contribution in [3.05, 3.63) is 54.0 Å². The molecule has 1 aromatic heterocycles. The standard InChI is InChI=1S/C19H26N4O/c1-3-5-9-12-20-19(24)17-13-18(22-15-21-17)23(4-2)14-16-10-7-6-8-11-16/h6-8,10-11,13,15H,3-5,9,12,14H2,1-2H3,(H,20,24). The van der Waals surface area contributed by atoms with Crippen molar-refractivity contribution in [3.8, 4) is 0 Å². The smallest absolute Gasteiger partial charge is 0.270 e. The third kappa shape index (κ3) is 5.33. The summed E-state index contributed by atoms with van der Waals surface area (Å²) in [6.07, 6.45) is 4.72. The van der Waals surface area contributed by atoms with E-state index in [1.54, 1.807) is 6.07 Å². The number of carbonyl (C=O) groups is 1. The number of hydrogen-bond donors (Lipinski definition) is 1. The maximum Gasteiger partial charge on any atom is 0.270 e. The van der Waals surface area contributed by atoms with E-state index in [1.807, 2.05) is 18.2 Å². The molecule has 24 heavy (non-hydrogen) atoms. The fraction of sp³-hybridized carbons (Fsp3) is 0.421. The van der Waals surface area contributed by atoms with E-state index in [-0.39, 0.29) is 5.91 Å². The summed E-state index contributed by atoms with van der Waals surface area (Å²) in [5, 5.41) is 2.92. The molecule has 0 aliphatic carbocycles. The van der Waals surface area contributed by atoms with E-state index in [0.29, 0.717) is 12.2 Å². The van der Waals surface area contributed by atoms with Gasteiger partial charge in [-0.3, -0.25) is 4.79 Å². The average Bonchev–Trinajstić information content (AvgIpc) is 2.64. The average molecular weight is 326 g/mol. The molecular weight excluding hydrogens is 300 g/mol. The molecule has 2 rings (SSSR count). The van der Waals surface area contributed by atoms with Crippen molar-refractivity contribution in [2.45, 2.75) is 39.7 Å². The second kappa shape index (κ2) is 9.65. The van der Waals surface area contributed by atoms with Gasteiger partial charge in [-0.15, -0.1) is 0 Å². The highest BCUT2D eigenvalue weighted by Crippen LogP contribution is 2.14. The Bertz CT molecular complexity index is 630. The molecule has 0 saturated heterocycles.